The number of aromatic hydroxyl groups is 3. The quantitative estimate of drug-likeness (QED) is 0.184. The van der Waals surface area contributed by atoms with Gasteiger partial charge in [-0.05, 0) is 60.7 Å². The lowest BCUT2D eigenvalue weighted by Gasteiger charge is -2.46. The van der Waals surface area contributed by atoms with Gasteiger partial charge in [-0.3, -0.25) is 0 Å². The average molecular weight is 499 g/mol. The van der Waals surface area contributed by atoms with Crippen LogP contribution in [0, 0.1) is 5.92 Å². The van der Waals surface area contributed by atoms with Crippen molar-refractivity contribution in [2.24, 2.45) is 5.92 Å². The molecule has 3 N–H and O–H groups in total. The Hall–Kier alpha value is -4.39. The molecule has 4 atom stereocenters. The predicted molar refractivity (Wildman–Crippen MR) is 138 cm³/mol. The Balaban J connectivity index is 1.59. The smallest absolute Gasteiger partial charge is 0.336 e. The second kappa shape index (κ2) is 8.62. The van der Waals surface area contributed by atoms with Crippen LogP contribution >= 0.6 is 0 Å². The van der Waals surface area contributed by atoms with E-state index < -0.39 is 11.7 Å². The second-order valence-electron chi connectivity index (χ2n) is 9.82. The fourth-order valence-electron chi connectivity index (χ4n) is 5.94. The van der Waals surface area contributed by atoms with Crippen LogP contribution in [0.2, 0.25) is 0 Å². The van der Waals surface area contributed by atoms with Gasteiger partial charge in [-0.2, -0.15) is 0 Å². The van der Waals surface area contributed by atoms with E-state index >= 15 is 0 Å². The van der Waals surface area contributed by atoms with Gasteiger partial charge in [0.25, 0.3) is 0 Å². The Kier molecular flexibility index (Phi) is 5.37. The molecule has 2 heterocycles. The van der Waals surface area contributed by atoms with E-state index in [4.69, 9.17) is 13.9 Å². The number of phenolic OH excluding ortho intramolecular Hbond substituents is 3. The third kappa shape index (κ3) is 3.87. The number of fused-ring (bicyclic) bond motifs is 4. The van der Waals surface area contributed by atoms with Crippen LogP contribution in [0.1, 0.15) is 48.0 Å². The van der Waals surface area contributed by atoms with Gasteiger partial charge < -0.3 is 29.2 Å². The minimum atomic E-state index is -0.496. The number of allylic oxidation sites excluding steroid dienone is 2. The number of hydrogen-bond donors (Lipinski definition) is 3. The molecule has 1 aliphatic carbocycles. The van der Waals surface area contributed by atoms with Crippen LogP contribution in [0.3, 0.4) is 0 Å². The highest BCUT2D eigenvalue weighted by Crippen LogP contribution is 2.58. The Bertz CT molecular complexity index is 1620. The SMILES string of the molecule is COc1cc(O)ccc1[C@@H]1CC(C)=C[C@H]2c3cc4ccc(=O)oc4cc3O[C@H](c3ccc(O)c(O)c3)[C@H]21. The van der Waals surface area contributed by atoms with Crippen molar-refractivity contribution >= 4 is 11.0 Å². The zero-order valence-electron chi connectivity index (χ0n) is 20.3. The van der Waals surface area contributed by atoms with Gasteiger partial charge in [-0.25, -0.2) is 4.79 Å². The van der Waals surface area contributed by atoms with Crippen LogP contribution in [0.25, 0.3) is 11.0 Å². The molecule has 7 nitrogen and oxygen atoms in total. The summed E-state index contributed by atoms with van der Waals surface area (Å²) < 4.78 is 17.7. The van der Waals surface area contributed by atoms with Gasteiger partial charge in [-0.15, -0.1) is 0 Å². The third-order valence-corrected chi connectivity index (χ3v) is 7.54. The van der Waals surface area contributed by atoms with E-state index in [9.17, 15) is 20.1 Å². The Morgan fingerprint density at radius 1 is 0.919 bits per heavy atom. The topological polar surface area (TPSA) is 109 Å². The lowest BCUT2D eigenvalue weighted by molar-refractivity contribution is 0.0790. The molecule has 0 saturated carbocycles. The summed E-state index contributed by atoms with van der Waals surface area (Å²) in [5.74, 6) is 0.682. The van der Waals surface area contributed by atoms with Crippen molar-refractivity contribution in [1.82, 2.24) is 0 Å². The molecule has 2 aliphatic rings. The van der Waals surface area contributed by atoms with Crippen molar-refractivity contribution in [1.29, 1.82) is 0 Å². The highest BCUT2D eigenvalue weighted by molar-refractivity contribution is 5.80. The fraction of sp³-hybridized carbons (Fsp3) is 0.233. The van der Waals surface area contributed by atoms with Gasteiger partial charge in [0.15, 0.2) is 11.5 Å². The largest absolute Gasteiger partial charge is 0.508 e. The summed E-state index contributed by atoms with van der Waals surface area (Å²) in [6, 6.07) is 16.8. The first-order chi connectivity index (χ1) is 17.8. The molecular weight excluding hydrogens is 472 g/mol. The summed E-state index contributed by atoms with van der Waals surface area (Å²) in [4.78, 5) is 11.9. The van der Waals surface area contributed by atoms with E-state index in [0.717, 1.165) is 22.9 Å². The zero-order chi connectivity index (χ0) is 25.8. The first-order valence-electron chi connectivity index (χ1n) is 12.1. The Morgan fingerprint density at radius 3 is 2.54 bits per heavy atom. The van der Waals surface area contributed by atoms with Crippen LogP contribution in [-0.4, -0.2) is 22.4 Å². The van der Waals surface area contributed by atoms with Crippen molar-refractivity contribution in [2.45, 2.75) is 31.3 Å². The van der Waals surface area contributed by atoms with Gasteiger partial charge in [0, 0.05) is 41.0 Å². The summed E-state index contributed by atoms with van der Waals surface area (Å²) in [6.07, 6.45) is 2.52. The molecule has 0 unspecified atom stereocenters. The number of methoxy groups -OCH3 is 1. The minimum absolute atomic E-state index is 0.0379. The van der Waals surface area contributed by atoms with Crippen LogP contribution in [0.15, 0.2) is 81.5 Å². The summed E-state index contributed by atoms with van der Waals surface area (Å²) in [5, 5.41) is 31.2. The van der Waals surface area contributed by atoms with Crippen LogP contribution < -0.4 is 15.1 Å². The summed E-state index contributed by atoms with van der Waals surface area (Å²) in [5.41, 5.74) is 3.85. The molecule has 0 fully saturated rings. The number of benzene rings is 3. The standard InChI is InChI=1S/C30H26O7/c1-15-9-21(19-6-5-18(31)13-26(19)35-2)29-22(10-15)20-11-16-4-8-28(34)36-25(16)14-27(20)37-30(29)17-3-7-23(32)24(33)12-17/h3-8,10-14,21-22,29-33H,9H2,1-2H3/t21-,22-,29-,30+/m0/s1. The summed E-state index contributed by atoms with van der Waals surface area (Å²) in [6.45, 7) is 2.10. The summed E-state index contributed by atoms with van der Waals surface area (Å²) in [7, 11) is 1.59. The molecule has 3 aromatic carbocycles. The average Bonchev–Trinajstić information content (AvgIpc) is 2.88. The lowest BCUT2D eigenvalue weighted by Crippen LogP contribution is -2.36. The maximum atomic E-state index is 11.9. The van der Waals surface area contributed by atoms with Crippen molar-refractivity contribution in [3.63, 3.8) is 0 Å². The first-order valence-corrected chi connectivity index (χ1v) is 12.1. The minimum Gasteiger partial charge on any atom is -0.508 e. The van der Waals surface area contributed by atoms with Crippen LogP contribution in [-0.2, 0) is 0 Å². The molecule has 4 aromatic rings. The molecule has 0 radical (unpaired) electrons. The molecule has 188 valence electrons. The van der Waals surface area contributed by atoms with Crippen molar-refractivity contribution in [3.8, 4) is 28.7 Å². The lowest BCUT2D eigenvalue weighted by atomic mass is 9.63. The maximum absolute atomic E-state index is 11.9. The Labute approximate surface area is 212 Å². The zero-order valence-corrected chi connectivity index (χ0v) is 20.3. The van der Waals surface area contributed by atoms with E-state index in [-0.39, 0.29) is 35.0 Å². The first kappa shape index (κ1) is 23.0. The van der Waals surface area contributed by atoms with Gasteiger partial charge in [0.2, 0.25) is 0 Å². The molecule has 7 heteroatoms. The summed E-state index contributed by atoms with van der Waals surface area (Å²) >= 11 is 0. The van der Waals surface area contributed by atoms with Gasteiger partial charge in [0.1, 0.15) is 28.9 Å². The third-order valence-electron chi connectivity index (χ3n) is 7.54. The maximum Gasteiger partial charge on any atom is 0.336 e. The monoisotopic (exact) mass is 498 g/mol. The molecule has 37 heavy (non-hydrogen) atoms. The van der Waals surface area contributed by atoms with E-state index in [2.05, 4.69) is 13.0 Å². The number of phenols is 3. The van der Waals surface area contributed by atoms with Gasteiger partial charge in [0.05, 0.1) is 7.11 Å². The van der Waals surface area contributed by atoms with Crippen molar-refractivity contribution in [2.75, 3.05) is 7.11 Å². The van der Waals surface area contributed by atoms with Crippen molar-refractivity contribution in [3.05, 3.63) is 99.4 Å². The highest BCUT2D eigenvalue weighted by Gasteiger charge is 2.46. The Morgan fingerprint density at radius 2 is 1.76 bits per heavy atom. The van der Waals surface area contributed by atoms with E-state index in [1.807, 2.05) is 12.1 Å². The predicted octanol–water partition coefficient (Wildman–Crippen LogP) is 5.89. The molecule has 6 rings (SSSR count). The van der Waals surface area contributed by atoms with Crippen LogP contribution in [0.4, 0.5) is 0 Å². The van der Waals surface area contributed by atoms with Gasteiger partial charge >= 0.3 is 5.63 Å². The normalized spacial score (nSPS) is 22.5. The second-order valence-corrected chi connectivity index (χ2v) is 9.82. The number of hydrogen-bond acceptors (Lipinski definition) is 7. The fourth-order valence-corrected chi connectivity index (χ4v) is 5.94. The molecule has 0 spiro atoms. The molecule has 0 bridgehead atoms. The van der Waals surface area contributed by atoms with E-state index in [0.29, 0.717) is 22.6 Å². The molecule has 0 amide bonds. The number of ether oxygens (including phenoxy) is 2. The van der Waals surface area contributed by atoms with Crippen LogP contribution in [0.5, 0.6) is 28.7 Å². The highest BCUT2D eigenvalue weighted by atomic mass is 16.5. The molecule has 0 saturated heterocycles. The number of rotatable bonds is 3. The molecule has 1 aromatic heterocycles. The van der Waals surface area contributed by atoms with Gasteiger partial charge in [-0.1, -0.05) is 23.8 Å². The van der Waals surface area contributed by atoms with E-state index in [1.54, 1.807) is 37.4 Å². The molecule has 1 aliphatic heterocycles. The van der Waals surface area contributed by atoms with Crippen molar-refractivity contribution < 1.29 is 29.2 Å². The molecular formula is C30H26O7. The van der Waals surface area contributed by atoms with E-state index in [1.165, 1.54) is 23.8 Å².